The van der Waals surface area contributed by atoms with Crippen molar-refractivity contribution in [1.82, 2.24) is 15.5 Å². The Morgan fingerprint density at radius 2 is 1.97 bits per heavy atom. The summed E-state index contributed by atoms with van der Waals surface area (Å²) in [6.07, 6.45) is 2.01. The van der Waals surface area contributed by atoms with Gasteiger partial charge in [0.1, 0.15) is 0 Å². The van der Waals surface area contributed by atoms with Gasteiger partial charge in [0.05, 0.1) is 10.6 Å². The van der Waals surface area contributed by atoms with E-state index in [2.05, 4.69) is 15.6 Å². The Hall–Kier alpha value is -1.36. The smallest absolute Gasteiger partial charge is 0.222 e. The van der Waals surface area contributed by atoms with Gasteiger partial charge < -0.3 is 15.5 Å². The molecule has 2 unspecified atom stereocenters. The Kier molecular flexibility index (Phi) is 10.6. The first-order valence-electron chi connectivity index (χ1n) is 10.3. The first-order chi connectivity index (χ1) is 13.7. The summed E-state index contributed by atoms with van der Waals surface area (Å²) in [4.78, 5) is 18.3. The summed E-state index contributed by atoms with van der Waals surface area (Å²) in [5, 5.41) is 6.58. The number of nitrogens with one attached hydrogen (secondary N) is 2. The second kappa shape index (κ2) is 11.9. The van der Waals surface area contributed by atoms with Crippen LogP contribution in [0.2, 0.25) is 0 Å². The molecule has 2 rings (SSSR count). The summed E-state index contributed by atoms with van der Waals surface area (Å²) < 4.78 is 25.8. The molecule has 0 aliphatic carbocycles. The lowest BCUT2D eigenvalue weighted by atomic mass is 10.1. The third-order valence-electron chi connectivity index (χ3n) is 5.50. The van der Waals surface area contributed by atoms with Gasteiger partial charge in [-0.1, -0.05) is 19.9 Å². The second-order valence-corrected chi connectivity index (χ2v) is 9.71. The number of aryl methyl sites for hydroxylation is 2. The standard InChI is InChI=1S/C21H34N4O3S.HI/c1-6-17(14-29(27,28)19-9-8-15(3)16(4)12-19)23-21(22-5)24-18-10-11-25(13-18)20(26)7-2;/h8-9,12,17-18H,6-7,10-11,13-14H2,1-5H3,(H2,22,23,24);1H. The number of aliphatic imine (C=N–C) groups is 1. The number of guanidine groups is 1. The number of halogens is 1. The van der Waals surface area contributed by atoms with Crippen LogP contribution in [-0.2, 0) is 14.6 Å². The monoisotopic (exact) mass is 550 g/mol. The molecule has 1 aromatic carbocycles. The van der Waals surface area contributed by atoms with Crippen LogP contribution in [0.3, 0.4) is 0 Å². The number of likely N-dealkylation sites (tertiary alicyclic amines) is 1. The molecule has 1 amide bonds. The van der Waals surface area contributed by atoms with Crippen LogP contribution in [0.1, 0.15) is 44.2 Å². The summed E-state index contributed by atoms with van der Waals surface area (Å²) >= 11 is 0. The van der Waals surface area contributed by atoms with Gasteiger partial charge in [-0.25, -0.2) is 8.42 Å². The number of sulfone groups is 1. The lowest BCUT2D eigenvalue weighted by molar-refractivity contribution is -0.129. The fourth-order valence-corrected chi connectivity index (χ4v) is 5.09. The van der Waals surface area contributed by atoms with Crippen LogP contribution in [-0.4, -0.2) is 63.2 Å². The van der Waals surface area contributed by atoms with E-state index in [1.165, 1.54) is 0 Å². The zero-order chi connectivity index (χ0) is 21.6. The Balaban J connectivity index is 0.00000450. The van der Waals surface area contributed by atoms with E-state index in [9.17, 15) is 13.2 Å². The van der Waals surface area contributed by atoms with E-state index in [-0.39, 0.29) is 47.7 Å². The van der Waals surface area contributed by atoms with Gasteiger partial charge >= 0.3 is 0 Å². The van der Waals surface area contributed by atoms with Gasteiger partial charge in [0, 0.05) is 38.6 Å². The van der Waals surface area contributed by atoms with Gasteiger partial charge in [-0.3, -0.25) is 9.79 Å². The average Bonchev–Trinajstić information content (AvgIpc) is 3.16. The van der Waals surface area contributed by atoms with Crippen LogP contribution in [0.4, 0.5) is 0 Å². The molecule has 30 heavy (non-hydrogen) atoms. The van der Waals surface area contributed by atoms with Crippen LogP contribution < -0.4 is 10.6 Å². The lowest BCUT2D eigenvalue weighted by Crippen LogP contribution is -2.50. The number of carbonyl (C=O) groups is 1. The molecule has 0 radical (unpaired) electrons. The minimum absolute atomic E-state index is 0. The molecule has 1 aromatic rings. The molecule has 1 heterocycles. The Morgan fingerprint density at radius 3 is 2.53 bits per heavy atom. The minimum atomic E-state index is -3.41. The summed E-state index contributed by atoms with van der Waals surface area (Å²) in [5.41, 5.74) is 2.04. The van der Waals surface area contributed by atoms with Crippen molar-refractivity contribution in [3.63, 3.8) is 0 Å². The molecule has 2 N–H and O–H groups in total. The highest BCUT2D eigenvalue weighted by molar-refractivity contribution is 14.0. The second-order valence-electron chi connectivity index (χ2n) is 7.67. The molecule has 1 saturated heterocycles. The van der Waals surface area contributed by atoms with E-state index in [0.717, 1.165) is 24.1 Å². The third kappa shape index (κ3) is 7.11. The van der Waals surface area contributed by atoms with Gasteiger partial charge in [-0.15, -0.1) is 24.0 Å². The predicted octanol–water partition coefficient (Wildman–Crippen LogP) is 2.65. The summed E-state index contributed by atoms with van der Waals surface area (Å²) in [7, 11) is -1.74. The van der Waals surface area contributed by atoms with Crippen LogP contribution in [0.5, 0.6) is 0 Å². The molecule has 0 saturated carbocycles. The molecule has 0 aromatic heterocycles. The largest absolute Gasteiger partial charge is 0.353 e. The zero-order valence-electron chi connectivity index (χ0n) is 18.6. The molecule has 0 spiro atoms. The van der Waals surface area contributed by atoms with Crippen molar-refractivity contribution in [3.05, 3.63) is 29.3 Å². The molecule has 7 nitrogen and oxygen atoms in total. The fraction of sp³-hybridized carbons (Fsp3) is 0.619. The first kappa shape index (κ1) is 26.7. The van der Waals surface area contributed by atoms with Crippen molar-refractivity contribution in [3.8, 4) is 0 Å². The minimum Gasteiger partial charge on any atom is -0.353 e. The molecule has 170 valence electrons. The van der Waals surface area contributed by atoms with Gasteiger partial charge in [0.2, 0.25) is 5.91 Å². The number of hydrogen-bond acceptors (Lipinski definition) is 4. The molecular formula is C21H35IN4O3S. The zero-order valence-corrected chi connectivity index (χ0v) is 21.7. The maximum atomic E-state index is 12.9. The SMILES string of the molecule is CCC(=O)N1CCC(NC(=NC)NC(CC)CS(=O)(=O)c2ccc(C)c(C)c2)C1.I. The van der Waals surface area contributed by atoms with E-state index >= 15 is 0 Å². The number of rotatable bonds is 7. The van der Waals surface area contributed by atoms with Crippen molar-refractivity contribution in [2.45, 2.75) is 63.9 Å². The summed E-state index contributed by atoms with van der Waals surface area (Å²) in [6, 6.07) is 5.12. The highest BCUT2D eigenvalue weighted by atomic mass is 127. The molecule has 1 aliphatic heterocycles. The van der Waals surface area contributed by atoms with Crippen molar-refractivity contribution < 1.29 is 13.2 Å². The fourth-order valence-electron chi connectivity index (χ4n) is 3.42. The van der Waals surface area contributed by atoms with Crippen LogP contribution in [0.25, 0.3) is 0 Å². The van der Waals surface area contributed by atoms with Crippen molar-refractivity contribution >= 4 is 45.7 Å². The Morgan fingerprint density at radius 1 is 1.27 bits per heavy atom. The van der Waals surface area contributed by atoms with Gasteiger partial charge in [-0.05, 0) is 49.9 Å². The predicted molar refractivity (Wildman–Crippen MR) is 132 cm³/mol. The van der Waals surface area contributed by atoms with Gasteiger partial charge in [-0.2, -0.15) is 0 Å². The van der Waals surface area contributed by atoms with Gasteiger partial charge in [0.25, 0.3) is 0 Å². The van der Waals surface area contributed by atoms with E-state index < -0.39 is 9.84 Å². The first-order valence-corrected chi connectivity index (χ1v) is 11.9. The Bertz CT molecular complexity index is 858. The topological polar surface area (TPSA) is 90.9 Å². The number of benzene rings is 1. The van der Waals surface area contributed by atoms with E-state index in [4.69, 9.17) is 0 Å². The third-order valence-corrected chi connectivity index (χ3v) is 7.31. The number of nitrogens with zero attached hydrogens (tertiary/aromatic N) is 2. The summed E-state index contributed by atoms with van der Waals surface area (Å²) in [5.74, 6) is 0.726. The molecule has 2 atom stereocenters. The number of hydrogen-bond donors (Lipinski definition) is 2. The maximum Gasteiger partial charge on any atom is 0.222 e. The molecule has 1 fully saturated rings. The molecule has 0 bridgehead atoms. The van der Waals surface area contributed by atoms with Gasteiger partial charge in [0.15, 0.2) is 15.8 Å². The Labute approximate surface area is 198 Å². The molecule has 1 aliphatic rings. The number of carbonyl (C=O) groups excluding carboxylic acids is 1. The van der Waals surface area contributed by atoms with E-state index in [1.54, 1.807) is 19.2 Å². The van der Waals surface area contributed by atoms with Crippen LogP contribution >= 0.6 is 24.0 Å². The van der Waals surface area contributed by atoms with Crippen molar-refractivity contribution in [1.29, 1.82) is 0 Å². The quantitative estimate of drug-likeness (QED) is 0.310. The molecular weight excluding hydrogens is 515 g/mol. The van der Waals surface area contributed by atoms with Crippen LogP contribution in [0.15, 0.2) is 28.1 Å². The average molecular weight is 551 g/mol. The maximum absolute atomic E-state index is 12.9. The normalized spacial score (nSPS) is 18.0. The van der Waals surface area contributed by atoms with Crippen molar-refractivity contribution in [2.24, 2.45) is 4.99 Å². The molecule has 9 heteroatoms. The van der Waals surface area contributed by atoms with E-state index in [0.29, 0.717) is 30.2 Å². The van der Waals surface area contributed by atoms with E-state index in [1.807, 2.05) is 38.7 Å². The summed E-state index contributed by atoms with van der Waals surface area (Å²) in [6.45, 7) is 9.09. The highest BCUT2D eigenvalue weighted by Crippen LogP contribution is 2.17. The highest BCUT2D eigenvalue weighted by Gasteiger charge is 2.27. The van der Waals surface area contributed by atoms with Crippen molar-refractivity contribution in [2.75, 3.05) is 25.9 Å². The van der Waals surface area contributed by atoms with Crippen LogP contribution in [0, 0.1) is 13.8 Å². The lowest BCUT2D eigenvalue weighted by Gasteiger charge is -2.23. The number of amides is 1.